The molecule has 2 fully saturated rings. The van der Waals surface area contributed by atoms with Gasteiger partial charge in [-0.25, -0.2) is 0 Å². The highest BCUT2D eigenvalue weighted by atomic mass is 14.5. The van der Waals surface area contributed by atoms with Crippen molar-refractivity contribution in [2.24, 2.45) is 29.6 Å². The summed E-state index contributed by atoms with van der Waals surface area (Å²) in [5, 5.41) is 0. The predicted molar refractivity (Wildman–Crippen MR) is 57.6 cm³/mol. The van der Waals surface area contributed by atoms with Crippen molar-refractivity contribution in [3.63, 3.8) is 0 Å². The molecular weight excluding hydrogens is 156 g/mol. The SMILES string of the molecule is CC(C)CCC1CC2CCC(C)C12. The zero-order valence-electron chi connectivity index (χ0n) is 9.42. The third-order valence-electron chi connectivity index (χ3n) is 4.46. The average Bonchev–Trinajstić information content (AvgIpc) is 2.26. The van der Waals surface area contributed by atoms with Gasteiger partial charge in [0, 0.05) is 0 Å². The molecule has 2 aliphatic carbocycles. The van der Waals surface area contributed by atoms with E-state index in [1.165, 1.54) is 19.3 Å². The fraction of sp³-hybridized carbons (Fsp3) is 1.00. The first-order valence-corrected chi connectivity index (χ1v) is 6.18. The van der Waals surface area contributed by atoms with Crippen LogP contribution >= 0.6 is 0 Å². The highest BCUT2D eigenvalue weighted by Gasteiger charge is 2.46. The molecule has 0 heterocycles. The maximum Gasteiger partial charge on any atom is -0.0331 e. The van der Waals surface area contributed by atoms with Crippen LogP contribution in [0, 0.1) is 29.6 Å². The Morgan fingerprint density at radius 1 is 1.23 bits per heavy atom. The Morgan fingerprint density at radius 3 is 2.62 bits per heavy atom. The molecule has 0 aromatic rings. The molecular formula is C13H24. The molecule has 4 atom stereocenters. The van der Waals surface area contributed by atoms with E-state index in [0.717, 1.165) is 29.6 Å². The summed E-state index contributed by atoms with van der Waals surface area (Å²) in [7, 11) is 0. The Morgan fingerprint density at radius 2 is 2.00 bits per heavy atom. The molecule has 0 radical (unpaired) electrons. The summed E-state index contributed by atoms with van der Waals surface area (Å²) in [4.78, 5) is 0. The van der Waals surface area contributed by atoms with Crippen molar-refractivity contribution in [3.05, 3.63) is 0 Å². The standard InChI is InChI=1S/C13H24/c1-9(2)4-6-11-8-12-7-5-10(3)13(11)12/h9-13H,4-8H2,1-3H3. The number of rotatable bonds is 3. The van der Waals surface area contributed by atoms with Crippen LogP contribution in [-0.2, 0) is 0 Å². The van der Waals surface area contributed by atoms with E-state index in [-0.39, 0.29) is 0 Å². The molecule has 0 bridgehead atoms. The summed E-state index contributed by atoms with van der Waals surface area (Å²) >= 11 is 0. The molecule has 2 aliphatic rings. The molecule has 0 nitrogen and oxygen atoms in total. The molecule has 76 valence electrons. The second kappa shape index (κ2) is 3.63. The van der Waals surface area contributed by atoms with Crippen LogP contribution in [0.15, 0.2) is 0 Å². The summed E-state index contributed by atoms with van der Waals surface area (Å²) in [6, 6.07) is 0. The largest absolute Gasteiger partial charge is 0.0628 e. The fourth-order valence-electron chi connectivity index (χ4n) is 3.66. The summed E-state index contributed by atoms with van der Waals surface area (Å²) in [5.41, 5.74) is 0. The molecule has 2 rings (SSSR count). The summed E-state index contributed by atoms with van der Waals surface area (Å²) < 4.78 is 0. The Kier molecular flexibility index (Phi) is 2.67. The third kappa shape index (κ3) is 1.78. The van der Waals surface area contributed by atoms with E-state index >= 15 is 0 Å². The summed E-state index contributed by atoms with van der Waals surface area (Å²) in [6.07, 6.45) is 7.61. The van der Waals surface area contributed by atoms with Crippen LogP contribution in [0.5, 0.6) is 0 Å². The molecule has 2 saturated carbocycles. The number of fused-ring (bicyclic) bond motifs is 1. The maximum absolute atomic E-state index is 2.48. The van der Waals surface area contributed by atoms with Crippen molar-refractivity contribution in [2.45, 2.75) is 52.9 Å². The minimum atomic E-state index is 0.913. The Bertz CT molecular complexity index is 165. The zero-order valence-corrected chi connectivity index (χ0v) is 9.42. The number of hydrogen-bond donors (Lipinski definition) is 0. The third-order valence-corrected chi connectivity index (χ3v) is 4.46. The van der Waals surface area contributed by atoms with Crippen LogP contribution in [0.3, 0.4) is 0 Å². The first-order valence-electron chi connectivity index (χ1n) is 6.18. The first-order chi connectivity index (χ1) is 6.18. The van der Waals surface area contributed by atoms with E-state index in [1.54, 1.807) is 12.8 Å². The van der Waals surface area contributed by atoms with Crippen molar-refractivity contribution in [3.8, 4) is 0 Å². The predicted octanol–water partition coefficient (Wildman–Crippen LogP) is 4.10. The van der Waals surface area contributed by atoms with Gasteiger partial charge in [-0.2, -0.15) is 0 Å². The van der Waals surface area contributed by atoms with Gasteiger partial charge in [0.1, 0.15) is 0 Å². The Labute approximate surface area is 83.1 Å². The molecule has 0 saturated heterocycles. The molecule has 0 amide bonds. The van der Waals surface area contributed by atoms with Gasteiger partial charge >= 0.3 is 0 Å². The fourth-order valence-corrected chi connectivity index (χ4v) is 3.66. The van der Waals surface area contributed by atoms with Gasteiger partial charge in [0.2, 0.25) is 0 Å². The molecule has 0 aromatic carbocycles. The van der Waals surface area contributed by atoms with Crippen LogP contribution in [0.4, 0.5) is 0 Å². The number of hydrogen-bond acceptors (Lipinski definition) is 0. The lowest BCUT2D eigenvalue weighted by molar-refractivity contribution is 0.0619. The van der Waals surface area contributed by atoms with Gasteiger partial charge in [0.05, 0.1) is 0 Å². The van der Waals surface area contributed by atoms with Gasteiger partial charge in [-0.05, 0) is 48.9 Å². The summed E-state index contributed by atoms with van der Waals surface area (Å²) in [5.74, 6) is 5.36. The van der Waals surface area contributed by atoms with Gasteiger partial charge < -0.3 is 0 Å². The lowest BCUT2D eigenvalue weighted by Gasteiger charge is -2.43. The second-order valence-corrected chi connectivity index (χ2v) is 5.86. The van der Waals surface area contributed by atoms with E-state index in [2.05, 4.69) is 20.8 Å². The van der Waals surface area contributed by atoms with Crippen molar-refractivity contribution in [1.29, 1.82) is 0 Å². The van der Waals surface area contributed by atoms with E-state index < -0.39 is 0 Å². The molecule has 0 heteroatoms. The zero-order chi connectivity index (χ0) is 9.42. The highest BCUT2D eigenvalue weighted by molar-refractivity contribution is 4.96. The minimum Gasteiger partial charge on any atom is -0.0628 e. The van der Waals surface area contributed by atoms with Crippen LogP contribution in [0.1, 0.15) is 52.9 Å². The van der Waals surface area contributed by atoms with Crippen molar-refractivity contribution >= 4 is 0 Å². The molecule has 0 N–H and O–H groups in total. The lowest BCUT2D eigenvalue weighted by atomic mass is 9.62. The van der Waals surface area contributed by atoms with Crippen molar-refractivity contribution in [1.82, 2.24) is 0 Å². The molecule has 0 spiro atoms. The van der Waals surface area contributed by atoms with Crippen LogP contribution in [0.2, 0.25) is 0 Å². The Hall–Kier alpha value is 0. The van der Waals surface area contributed by atoms with Gasteiger partial charge in [-0.1, -0.05) is 33.6 Å². The average molecular weight is 180 g/mol. The second-order valence-electron chi connectivity index (χ2n) is 5.86. The minimum absolute atomic E-state index is 0.913. The Balaban J connectivity index is 1.77. The monoisotopic (exact) mass is 180 g/mol. The van der Waals surface area contributed by atoms with E-state index in [1.807, 2.05) is 0 Å². The van der Waals surface area contributed by atoms with Crippen LogP contribution in [-0.4, -0.2) is 0 Å². The molecule has 0 aliphatic heterocycles. The lowest BCUT2D eigenvalue weighted by Crippen LogP contribution is -2.35. The highest BCUT2D eigenvalue weighted by Crippen LogP contribution is 2.55. The molecule has 13 heavy (non-hydrogen) atoms. The topological polar surface area (TPSA) is 0 Å². The van der Waals surface area contributed by atoms with E-state index in [0.29, 0.717) is 0 Å². The van der Waals surface area contributed by atoms with E-state index in [4.69, 9.17) is 0 Å². The normalized spacial score (nSPS) is 43.4. The van der Waals surface area contributed by atoms with Gasteiger partial charge in [-0.15, -0.1) is 0 Å². The smallest absolute Gasteiger partial charge is 0.0331 e. The van der Waals surface area contributed by atoms with Gasteiger partial charge in [-0.3, -0.25) is 0 Å². The van der Waals surface area contributed by atoms with Crippen LogP contribution in [0.25, 0.3) is 0 Å². The van der Waals surface area contributed by atoms with Crippen LogP contribution < -0.4 is 0 Å². The van der Waals surface area contributed by atoms with Crippen molar-refractivity contribution in [2.75, 3.05) is 0 Å². The van der Waals surface area contributed by atoms with E-state index in [9.17, 15) is 0 Å². The summed E-state index contributed by atoms with van der Waals surface area (Å²) in [6.45, 7) is 7.19. The molecule has 0 aromatic heterocycles. The quantitative estimate of drug-likeness (QED) is 0.613. The van der Waals surface area contributed by atoms with Gasteiger partial charge in [0.15, 0.2) is 0 Å². The first kappa shape index (κ1) is 9.55. The van der Waals surface area contributed by atoms with Crippen molar-refractivity contribution < 1.29 is 0 Å². The molecule has 4 unspecified atom stereocenters. The maximum atomic E-state index is 2.48. The van der Waals surface area contributed by atoms with Gasteiger partial charge in [0.25, 0.3) is 0 Å².